The van der Waals surface area contributed by atoms with Crippen molar-refractivity contribution in [3.63, 3.8) is 0 Å². The zero-order valence-electron chi connectivity index (χ0n) is 9.24. The van der Waals surface area contributed by atoms with Crippen LogP contribution in [-0.2, 0) is 13.0 Å². The molecule has 7 heteroatoms. The summed E-state index contributed by atoms with van der Waals surface area (Å²) in [5.74, 6) is 0. The fourth-order valence-corrected chi connectivity index (χ4v) is 2.11. The number of benzene rings is 1. The summed E-state index contributed by atoms with van der Waals surface area (Å²) < 4.78 is 36.4. The summed E-state index contributed by atoms with van der Waals surface area (Å²) in [6.07, 6.45) is -5.27. The maximum atomic E-state index is 12.1. The molecule has 1 aromatic carbocycles. The van der Waals surface area contributed by atoms with Crippen LogP contribution in [0.5, 0.6) is 0 Å². The van der Waals surface area contributed by atoms with E-state index in [9.17, 15) is 13.2 Å². The Kier molecular flexibility index (Phi) is 3.81. The summed E-state index contributed by atoms with van der Waals surface area (Å²) >= 11 is 0.926. The number of hydrogen-bond donors (Lipinski definition) is 1. The van der Waals surface area contributed by atoms with Gasteiger partial charge in [0.15, 0.2) is 0 Å². The summed E-state index contributed by atoms with van der Waals surface area (Å²) in [5.41, 5.74) is 1.03. The van der Waals surface area contributed by atoms with Crippen molar-refractivity contribution in [2.24, 2.45) is 0 Å². The molecule has 0 spiro atoms. The van der Waals surface area contributed by atoms with Gasteiger partial charge in [-0.1, -0.05) is 41.7 Å². The molecule has 1 aromatic heterocycles. The number of nitrogens with zero attached hydrogens (tertiary/aromatic N) is 2. The molecular weight excluding hydrogens is 263 g/mol. The zero-order chi connectivity index (χ0) is 13.0. The van der Waals surface area contributed by atoms with Crippen LogP contribution in [0, 0.1) is 0 Å². The van der Waals surface area contributed by atoms with E-state index < -0.39 is 12.6 Å². The van der Waals surface area contributed by atoms with E-state index in [1.807, 2.05) is 30.3 Å². The third kappa shape index (κ3) is 3.99. The van der Waals surface area contributed by atoms with Crippen LogP contribution >= 0.6 is 11.3 Å². The molecule has 2 aromatic rings. The van der Waals surface area contributed by atoms with Gasteiger partial charge in [-0.25, -0.2) is 0 Å². The quantitative estimate of drug-likeness (QED) is 0.929. The number of alkyl halides is 3. The van der Waals surface area contributed by atoms with Crippen molar-refractivity contribution in [2.75, 3.05) is 5.32 Å². The number of hydrogen-bond acceptors (Lipinski definition) is 4. The van der Waals surface area contributed by atoms with Crippen LogP contribution in [0.25, 0.3) is 0 Å². The fourth-order valence-electron chi connectivity index (χ4n) is 1.34. The van der Waals surface area contributed by atoms with Gasteiger partial charge in [-0.2, -0.15) is 13.2 Å². The second-order valence-electron chi connectivity index (χ2n) is 3.63. The lowest BCUT2D eigenvalue weighted by molar-refractivity contribution is -0.127. The minimum absolute atomic E-state index is 0.0296. The monoisotopic (exact) mass is 273 g/mol. The van der Waals surface area contributed by atoms with Crippen LogP contribution in [-0.4, -0.2) is 16.4 Å². The normalized spacial score (nSPS) is 11.5. The lowest BCUT2D eigenvalue weighted by atomic mass is 10.2. The number of rotatable bonds is 4. The van der Waals surface area contributed by atoms with Crippen LogP contribution in [0.3, 0.4) is 0 Å². The summed E-state index contributed by atoms with van der Waals surface area (Å²) in [4.78, 5) is 0. The molecule has 0 aliphatic rings. The Hall–Kier alpha value is -1.63. The first kappa shape index (κ1) is 12.8. The van der Waals surface area contributed by atoms with Gasteiger partial charge >= 0.3 is 6.18 Å². The van der Waals surface area contributed by atoms with Crippen molar-refractivity contribution in [3.8, 4) is 0 Å². The van der Waals surface area contributed by atoms with E-state index in [2.05, 4.69) is 15.5 Å². The zero-order valence-corrected chi connectivity index (χ0v) is 10.1. The van der Waals surface area contributed by atoms with Crippen LogP contribution in [0.4, 0.5) is 18.3 Å². The van der Waals surface area contributed by atoms with Gasteiger partial charge in [0.1, 0.15) is 5.01 Å². The van der Waals surface area contributed by atoms with Gasteiger partial charge in [0.05, 0.1) is 6.42 Å². The van der Waals surface area contributed by atoms with Gasteiger partial charge in [0, 0.05) is 6.54 Å². The highest BCUT2D eigenvalue weighted by Crippen LogP contribution is 2.25. The van der Waals surface area contributed by atoms with Gasteiger partial charge in [0.2, 0.25) is 5.13 Å². The minimum Gasteiger partial charge on any atom is -0.356 e. The molecule has 0 amide bonds. The molecule has 0 bridgehead atoms. The van der Waals surface area contributed by atoms with E-state index in [0.717, 1.165) is 16.9 Å². The Labute approximate surface area is 106 Å². The van der Waals surface area contributed by atoms with Crippen molar-refractivity contribution >= 4 is 16.5 Å². The van der Waals surface area contributed by atoms with E-state index in [0.29, 0.717) is 11.7 Å². The molecule has 0 radical (unpaired) electrons. The van der Waals surface area contributed by atoms with Crippen molar-refractivity contribution < 1.29 is 13.2 Å². The molecule has 0 aliphatic carbocycles. The SMILES string of the molecule is FC(F)(F)Cc1nnc(NCc2ccccc2)s1. The van der Waals surface area contributed by atoms with E-state index in [1.54, 1.807) is 0 Å². The highest BCUT2D eigenvalue weighted by Gasteiger charge is 2.29. The summed E-state index contributed by atoms with van der Waals surface area (Å²) in [6, 6.07) is 9.53. The van der Waals surface area contributed by atoms with Gasteiger partial charge in [-0.15, -0.1) is 10.2 Å². The van der Waals surface area contributed by atoms with Crippen molar-refractivity contribution in [1.82, 2.24) is 10.2 Å². The van der Waals surface area contributed by atoms with E-state index >= 15 is 0 Å². The van der Waals surface area contributed by atoms with E-state index in [-0.39, 0.29) is 5.01 Å². The molecule has 0 saturated heterocycles. The third-order valence-corrected chi connectivity index (χ3v) is 2.99. The number of anilines is 1. The van der Waals surface area contributed by atoms with Crippen LogP contribution in [0.1, 0.15) is 10.6 Å². The Morgan fingerprint density at radius 3 is 2.50 bits per heavy atom. The minimum atomic E-state index is -4.24. The molecule has 0 unspecified atom stereocenters. The van der Waals surface area contributed by atoms with Gasteiger partial charge < -0.3 is 5.32 Å². The molecule has 0 aliphatic heterocycles. The van der Waals surface area contributed by atoms with Crippen LogP contribution in [0.15, 0.2) is 30.3 Å². The first-order chi connectivity index (χ1) is 8.53. The standard InChI is InChI=1S/C11H10F3N3S/c12-11(13,14)6-9-16-17-10(18-9)15-7-8-4-2-1-3-5-8/h1-5H,6-7H2,(H,15,17). The Morgan fingerprint density at radius 2 is 1.83 bits per heavy atom. The van der Waals surface area contributed by atoms with Gasteiger partial charge in [-0.05, 0) is 5.56 Å². The number of nitrogens with one attached hydrogen (secondary N) is 1. The van der Waals surface area contributed by atoms with Crippen LogP contribution < -0.4 is 5.32 Å². The first-order valence-corrected chi connectivity index (χ1v) is 6.01. The lowest BCUT2D eigenvalue weighted by Gasteiger charge is -2.02. The Balaban J connectivity index is 1.91. The highest BCUT2D eigenvalue weighted by atomic mass is 32.1. The molecule has 2 rings (SSSR count). The lowest BCUT2D eigenvalue weighted by Crippen LogP contribution is -2.11. The predicted octanol–water partition coefficient (Wildman–Crippen LogP) is 3.26. The summed E-state index contributed by atoms with van der Waals surface area (Å²) in [6.45, 7) is 0.515. The molecule has 0 saturated carbocycles. The second-order valence-corrected chi connectivity index (χ2v) is 4.69. The third-order valence-electron chi connectivity index (χ3n) is 2.11. The first-order valence-electron chi connectivity index (χ1n) is 5.20. The maximum absolute atomic E-state index is 12.1. The van der Waals surface area contributed by atoms with E-state index in [1.165, 1.54) is 0 Å². The topological polar surface area (TPSA) is 37.8 Å². The van der Waals surface area contributed by atoms with Crippen molar-refractivity contribution in [2.45, 2.75) is 19.1 Å². The number of aromatic nitrogens is 2. The second kappa shape index (κ2) is 5.34. The molecule has 0 fully saturated rings. The molecule has 1 heterocycles. The van der Waals surface area contributed by atoms with Crippen LogP contribution in [0.2, 0.25) is 0 Å². The average Bonchev–Trinajstić information content (AvgIpc) is 2.73. The summed E-state index contributed by atoms with van der Waals surface area (Å²) in [7, 11) is 0. The molecule has 1 N–H and O–H groups in total. The Morgan fingerprint density at radius 1 is 1.11 bits per heavy atom. The van der Waals surface area contributed by atoms with Gasteiger partial charge in [-0.3, -0.25) is 0 Å². The molecule has 96 valence electrons. The van der Waals surface area contributed by atoms with Crippen molar-refractivity contribution in [3.05, 3.63) is 40.9 Å². The fraction of sp³-hybridized carbons (Fsp3) is 0.273. The molecular formula is C11H10F3N3S. The molecule has 3 nitrogen and oxygen atoms in total. The molecule has 0 atom stereocenters. The van der Waals surface area contributed by atoms with Gasteiger partial charge in [0.25, 0.3) is 0 Å². The average molecular weight is 273 g/mol. The smallest absolute Gasteiger partial charge is 0.356 e. The Bertz CT molecular complexity index is 496. The molecule has 18 heavy (non-hydrogen) atoms. The summed E-state index contributed by atoms with van der Waals surface area (Å²) in [5, 5.41) is 10.5. The predicted molar refractivity (Wildman–Crippen MR) is 63.4 cm³/mol. The number of halogens is 3. The maximum Gasteiger partial charge on any atom is 0.395 e. The highest BCUT2D eigenvalue weighted by molar-refractivity contribution is 7.15. The van der Waals surface area contributed by atoms with E-state index in [4.69, 9.17) is 0 Å². The van der Waals surface area contributed by atoms with Crippen molar-refractivity contribution in [1.29, 1.82) is 0 Å². The largest absolute Gasteiger partial charge is 0.395 e.